The van der Waals surface area contributed by atoms with Gasteiger partial charge in [-0.3, -0.25) is 4.79 Å². The van der Waals surface area contributed by atoms with E-state index in [1.165, 1.54) is 5.56 Å². The monoisotopic (exact) mass is 555 g/mol. The lowest BCUT2D eigenvalue weighted by atomic mass is 9.92. The number of halogens is 3. The smallest absolute Gasteiger partial charge is 0.386 e. The number of esters is 2. The quantitative estimate of drug-likeness (QED) is 0.231. The maximum absolute atomic E-state index is 12.6. The van der Waals surface area contributed by atoms with Gasteiger partial charge in [0.05, 0.1) is 6.42 Å². The van der Waals surface area contributed by atoms with Gasteiger partial charge in [-0.05, 0) is 48.9 Å². The summed E-state index contributed by atoms with van der Waals surface area (Å²) < 4.78 is 49.3. The number of ether oxygens (including phenoxy) is 1. The van der Waals surface area contributed by atoms with Gasteiger partial charge >= 0.3 is 18.1 Å². The Kier molecular flexibility index (Phi) is 7.85. The highest BCUT2D eigenvalue weighted by Gasteiger charge is 2.42. The number of fused-ring (bicyclic) bond motifs is 2. The lowest BCUT2D eigenvalue weighted by molar-refractivity contribution is -0.202. The molecule has 4 aromatic rings. The number of anilines is 1. The standard InChI is InChI=1S/C28H28F3N5O4/c1-36-16-21(20-8-2-3-9-22(20)36)18(15-25(37)39-27(38)28(29,30)31)14-24-34-23(35-40-24)10-4-7-19-12-11-17-6-5-13-32-26(17)33-19/h2-3,8-9,11-12,16,18H,4-7,10,13-15H2,1H3,(H,32,33). The number of carbonyl (C=O) groups is 2. The molecule has 5 rings (SSSR count). The van der Waals surface area contributed by atoms with Gasteiger partial charge in [0.15, 0.2) is 5.82 Å². The number of pyridine rings is 1. The molecule has 0 spiro atoms. The van der Waals surface area contributed by atoms with Crippen LogP contribution in [0.15, 0.2) is 47.1 Å². The highest BCUT2D eigenvalue weighted by Crippen LogP contribution is 2.32. The number of aromatic nitrogens is 4. The molecule has 1 aromatic carbocycles. The van der Waals surface area contributed by atoms with Gasteiger partial charge in [0.25, 0.3) is 0 Å². The number of alkyl halides is 3. The summed E-state index contributed by atoms with van der Waals surface area (Å²) in [5, 5.41) is 8.20. The van der Waals surface area contributed by atoms with E-state index in [0.29, 0.717) is 17.8 Å². The van der Waals surface area contributed by atoms with Crippen molar-refractivity contribution >= 4 is 28.7 Å². The van der Waals surface area contributed by atoms with Crippen molar-refractivity contribution in [2.24, 2.45) is 7.05 Å². The fourth-order valence-corrected chi connectivity index (χ4v) is 5.02. The summed E-state index contributed by atoms with van der Waals surface area (Å²) in [4.78, 5) is 32.7. The summed E-state index contributed by atoms with van der Waals surface area (Å²) in [6.45, 7) is 0.922. The van der Waals surface area contributed by atoms with E-state index in [0.717, 1.165) is 54.6 Å². The highest BCUT2D eigenvalue weighted by molar-refractivity contribution is 5.90. The molecular weight excluding hydrogens is 527 g/mol. The van der Waals surface area contributed by atoms with Gasteiger partial charge in [0.2, 0.25) is 5.89 Å². The molecule has 0 saturated heterocycles. The van der Waals surface area contributed by atoms with Crippen LogP contribution in [0.25, 0.3) is 10.9 Å². The topological polar surface area (TPSA) is 112 Å². The Morgan fingerprint density at radius 1 is 1.15 bits per heavy atom. The molecule has 1 unspecified atom stereocenters. The Morgan fingerprint density at radius 3 is 2.80 bits per heavy atom. The number of para-hydroxylation sites is 1. The first-order chi connectivity index (χ1) is 19.2. The molecular formula is C28H28F3N5O4. The number of aryl methyl sites for hydroxylation is 4. The molecule has 0 aliphatic carbocycles. The van der Waals surface area contributed by atoms with Crippen LogP contribution in [0.1, 0.15) is 53.7 Å². The summed E-state index contributed by atoms with van der Waals surface area (Å²) in [5.41, 5.74) is 3.77. The average molecular weight is 556 g/mol. The molecule has 1 N–H and O–H groups in total. The van der Waals surface area contributed by atoms with Crippen molar-refractivity contribution in [2.75, 3.05) is 11.9 Å². The van der Waals surface area contributed by atoms with Crippen molar-refractivity contribution in [2.45, 2.75) is 57.0 Å². The zero-order chi connectivity index (χ0) is 28.3. The molecule has 210 valence electrons. The Bertz CT molecular complexity index is 1530. The molecule has 0 bridgehead atoms. The van der Waals surface area contributed by atoms with Crippen LogP contribution in [0.4, 0.5) is 19.0 Å². The van der Waals surface area contributed by atoms with Gasteiger partial charge in [-0.1, -0.05) is 29.4 Å². The zero-order valence-corrected chi connectivity index (χ0v) is 21.8. The first-order valence-electron chi connectivity index (χ1n) is 13.1. The number of benzene rings is 1. The lowest BCUT2D eigenvalue weighted by Gasteiger charge is -2.17. The van der Waals surface area contributed by atoms with Gasteiger partial charge < -0.3 is 19.1 Å². The normalized spacial score (nSPS) is 14.0. The molecule has 1 aliphatic heterocycles. The van der Waals surface area contributed by atoms with E-state index in [1.54, 1.807) is 6.20 Å². The number of carbonyl (C=O) groups excluding carboxylic acids is 2. The van der Waals surface area contributed by atoms with Crippen LogP contribution < -0.4 is 5.32 Å². The van der Waals surface area contributed by atoms with E-state index in [1.807, 2.05) is 41.9 Å². The maximum Gasteiger partial charge on any atom is 0.491 e. The van der Waals surface area contributed by atoms with Gasteiger partial charge in [-0.25, -0.2) is 9.78 Å². The maximum atomic E-state index is 12.6. The second-order valence-corrected chi connectivity index (χ2v) is 9.88. The van der Waals surface area contributed by atoms with Crippen molar-refractivity contribution in [1.82, 2.24) is 19.7 Å². The first-order valence-corrected chi connectivity index (χ1v) is 13.1. The summed E-state index contributed by atoms with van der Waals surface area (Å²) in [5.74, 6) is -2.83. The summed E-state index contributed by atoms with van der Waals surface area (Å²) >= 11 is 0. The SMILES string of the molecule is Cn1cc(C(CC(=O)OC(=O)C(F)(F)F)Cc2nc(CCCc3ccc4c(n3)NCCC4)no2)c2ccccc21. The van der Waals surface area contributed by atoms with Crippen LogP contribution in [-0.4, -0.2) is 44.4 Å². The van der Waals surface area contributed by atoms with E-state index in [4.69, 9.17) is 9.51 Å². The van der Waals surface area contributed by atoms with E-state index >= 15 is 0 Å². The van der Waals surface area contributed by atoms with E-state index in [-0.39, 0.29) is 12.3 Å². The molecule has 0 fully saturated rings. The van der Waals surface area contributed by atoms with Crippen LogP contribution in [0.5, 0.6) is 0 Å². The van der Waals surface area contributed by atoms with Crippen molar-refractivity contribution in [1.29, 1.82) is 0 Å². The van der Waals surface area contributed by atoms with E-state index in [2.05, 4.69) is 26.3 Å². The van der Waals surface area contributed by atoms with E-state index < -0.39 is 30.5 Å². The third-order valence-corrected chi connectivity index (χ3v) is 6.93. The van der Waals surface area contributed by atoms with Crippen LogP contribution in [0.2, 0.25) is 0 Å². The molecule has 4 heterocycles. The van der Waals surface area contributed by atoms with Gasteiger partial charge in [-0.2, -0.15) is 18.2 Å². The fourth-order valence-electron chi connectivity index (χ4n) is 5.02. The molecule has 40 heavy (non-hydrogen) atoms. The first kappa shape index (κ1) is 27.4. The van der Waals surface area contributed by atoms with Gasteiger partial charge in [0.1, 0.15) is 5.82 Å². The third-order valence-electron chi connectivity index (χ3n) is 6.93. The molecule has 0 amide bonds. The minimum Gasteiger partial charge on any atom is -0.386 e. The third kappa shape index (κ3) is 6.32. The van der Waals surface area contributed by atoms with Crippen LogP contribution >= 0.6 is 0 Å². The van der Waals surface area contributed by atoms with Gasteiger partial charge in [0, 0.05) is 55.1 Å². The Morgan fingerprint density at radius 2 is 1.98 bits per heavy atom. The van der Waals surface area contributed by atoms with Crippen LogP contribution in [0, 0.1) is 0 Å². The van der Waals surface area contributed by atoms with Gasteiger partial charge in [-0.15, -0.1) is 0 Å². The number of nitrogens with zero attached hydrogens (tertiary/aromatic N) is 4. The van der Waals surface area contributed by atoms with Crippen molar-refractivity contribution in [3.63, 3.8) is 0 Å². The van der Waals surface area contributed by atoms with Crippen molar-refractivity contribution < 1.29 is 32.0 Å². The molecule has 1 aliphatic rings. The largest absolute Gasteiger partial charge is 0.491 e. The fraction of sp³-hybridized carbons (Fsp3) is 0.393. The second kappa shape index (κ2) is 11.5. The van der Waals surface area contributed by atoms with Crippen LogP contribution in [-0.2, 0) is 47.1 Å². The molecule has 0 saturated carbocycles. The second-order valence-electron chi connectivity index (χ2n) is 9.88. The Labute approximate surface area is 227 Å². The summed E-state index contributed by atoms with van der Waals surface area (Å²) in [6, 6.07) is 11.6. The molecule has 1 atom stereocenters. The average Bonchev–Trinajstić information content (AvgIpc) is 3.51. The molecule has 0 radical (unpaired) electrons. The molecule has 9 nitrogen and oxygen atoms in total. The number of hydrogen-bond donors (Lipinski definition) is 1. The van der Waals surface area contributed by atoms with Crippen molar-refractivity contribution in [3.8, 4) is 0 Å². The summed E-state index contributed by atoms with van der Waals surface area (Å²) in [6.07, 6.45) is 0.263. The summed E-state index contributed by atoms with van der Waals surface area (Å²) in [7, 11) is 1.83. The van der Waals surface area contributed by atoms with E-state index in [9.17, 15) is 22.8 Å². The minimum absolute atomic E-state index is 0.0777. The number of rotatable bonds is 9. The number of hydrogen-bond acceptors (Lipinski definition) is 8. The number of nitrogens with one attached hydrogen (secondary N) is 1. The highest BCUT2D eigenvalue weighted by atomic mass is 19.4. The zero-order valence-electron chi connectivity index (χ0n) is 21.8. The lowest BCUT2D eigenvalue weighted by Crippen LogP contribution is -2.28. The minimum atomic E-state index is -5.27. The molecule has 12 heteroatoms. The van der Waals surface area contributed by atoms with Crippen molar-refractivity contribution in [3.05, 3.63) is 71.1 Å². The molecule has 3 aromatic heterocycles. The van der Waals surface area contributed by atoms with Crippen LogP contribution in [0.3, 0.4) is 0 Å². The predicted molar refractivity (Wildman–Crippen MR) is 139 cm³/mol. The predicted octanol–water partition coefficient (Wildman–Crippen LogP) is 4.84. The Hall–Kier alpha value is -4.22. The Balaban J connectivity index is 1.27.